The summed E-state index contributed by atoms with van der Waals surface area (Å²) < 4.78 is 11.0. The Kier molecular flexibility index (Phi) is 5.09. The summed E-state index contributed by atoms with van der Waals surface area (Å²) in [6.45, 7) is 1.22. The molecule has 25 heavy (non-hydrogen) atoms. The summed E-state index contributed by atoms with van der Waals surface area (Å²) in [6.07, 6.45) is 0. The predicted octanol–water partition coefficient (Wildman–Crippen LogP) is 2.93. The molecule has 2 aromatic carbocycles. The second kappa shape index (κ2) is 7.44. The Balaban J connectivity index is 1.87. The molecule has 2 aromatic rings. The second-order valence-electron chi connectivity index (χ2n) is 5.44. The van der Waals surface area contributed by atoms with Crippen molar-refractivity contribution in [3.05, 3.63) is 53.6 Å². The number of carboxylic acid groups (broad SMARTS) is 1. The van der Waals surface area contributed by atoms with Crippen LogP contribution in [0.2, 0.25) is 0 Å². The van der Waals surface area contributed by atoms with Crippen LogP contribution in [0.5, 0.6) is 11.5 Å². The number of halogens is 1. The van der Waals surface area contributed by atoms with Gasteiger partial charge < -0.3 is 19.5 Å². The molecule has 0 aromatic heterocycles. The third-order valence-corrected chi connectivity index (χ3v) is 4.02. The van der Waals surface area contributed by atoms with E-state index in [1.807, 2.05) is 0 Å². The number of alkyl halides is 1. The number of rotatable bonds is 5. The fourth-order valence-electron chi connectivity index (χ4n) is 2.53. The Labute approximate surface area is 149 Å². The molecule has 1 N–H and O–H groups in total. The maximum absolute atomic E-state index is 12.3. The molecule has 0 saturated carbocycles. The molecule has 0 aliphatic carbocycles. The van der Waals surface area contributed by atoms with Gasteiger partial charge >= 0.3 is 5.97 Å². The summed E-state index contributed by atoms with van der Waals surface area (Å²) in [5, 5.41) is 8.97. The van der Waals surface area contributed by atoms with Crippen LogP contribution in [0.3, 0.4) is 0 Å². The van der Waals surface area contributed by atoms with Crippen molar-refractivity contribution in [1.29, 1.82) is 0 Å². The Hall–Kier alpha value is -2.73. The van der Waals surface area contributed by atoms with E-state index in [4.69, 9.17) is 26.2 Å². The molecule has 7 heteroatoms. The number of benzene rings is 2. The van der Waals surface area contributed by atoms with Gasteiger partial charge in [-0.25, -0.2) is 4.79 Å². The molecule has 0 fully saturated rings. The molecule has 130 valence electrons. The minimum Gasteiger partial charge on any atom is -0.486 e. The minimum atomic E-state index is -0.993. The number of anilines is 1. The highest BCUT2D eigenvalue weighted by Gasteiger charge is 2.19. The Bertz CT molecular complexity index is 791. The van der Waals surface area contributed by atoms with E-state index in [1.54, 1.807) is 30.3 Å². The van der Waals surface area contributed by atoms with E-state index in [9.17, 15) is 9.59 Å². The number of carbonyl (C=O) groups is 2. The van der Waals surface area contributed by atoms with Gasteiger partial charge in [0.2, 0.25) is 5.91 Å². The van der Waals surface area contributed by atoms with Gasteiger partial charge in [-0.1, -0.05) is 12.1 Å². The van der Waals surface area contributed by atoms with Crippen molar-refractivity contribution in [2.45, 2.75) is 6.54 Å². The average Bonchev–Trinajstić information content (AvgIpc) is 2.65. The van der Waals surface area contributed by atoms with Gasteiger partial charge in [0.1, 0.15) is 19.1 Å². The van der Waals surface area contributed by atoms with Gasteiger partial charge in [-0.05, 0) is 29.8 Å². The average molecular weight is 362 g/mol. The number of hydrogen-bond donors (Lipinski definition) is 1. The van der Waals surface area contributed by atoms with Gasteiger partial charge in [0.15, 0.2) is 11.5 Å². The van der Waals surface area contributed by atoms with Crippen LogP contribution in [0.4, 0.5) is 5.69 Å². The Morgan fingerprint density at radius 2 is 1.72 bits per heavy atom. The quantitative estimate of drug-likeness (QED) is 0.829. The van der Waals surface area contributed by atoms with Crippen LogP contribution in [-0.4, -0.2) is 36.1 Å². The van der Waals surface area contributed by atoms with Crippen molar-refractivity contribution < 1.29 is 24.2 Å². The fraction of sp³-hybridized carbons (Fsp3) is 0.222. The molecule has 1 aliphatic heterocycles. The highest BCUT2D eigenvalue weighted by Crippen LogP contribution is 2.34. The van der Waals surface area contributed by atoms with Crippen molar-refractivity contribution >= 4 is 29.2 Å². The Morgan fingerprint density at radius 1 is 1.04 bits per heavy atom. The van der Waals surface area contributed by atoms with E-state index in [2.05, 4.69) is 0 Å². The maximum Gasteiger partial charge on any atom is 0.335 e. The first kappa shape index (κ1) is 17.1. The molecule has 3 rings (SSSR count). The van der Waals surface area contributed by atoms with E-state index in [1.165, 1.54) is 17.0 Å². The van der Waals surface area contributed by atoms with Gasteiger partial charge in [0.05, 0.1) is 12.1 Å². The van der Waals surface area contributed by atoms with Gasteiger partial charge in [-0.15, -0.1) is 11.6 Å². The predicted molar refractivity (Wildman–Crippen MR) is 92.7 cm³/mol. The summed E-state index contributed by atoms with van der Waals surface area (Å²) in [6, 6.07) is 11.6. The third kappa shape index (κ3) is 3.85. The number of ether oxygens (including phenoxy) is 2. The van der Waals surface area contributed by atoms with Crippen LogP contribution < -0.4 is 14.4 Å². The lowest BCUT2D eigenvalue weighted by atomic mass is 10.1. The van der Waals surface area contributed by atoms with Crippen LogP contribution in [0.1, 0.15) is 15.9 Å². The lowest BCUT2D eigenvalue weighted by molar-refractivity contribution is -0.116. The highest BCUT2D eigenvalue weighted by atomic mass is 35.5. The van der Waals surface area contributed by atoms with Crippen molar-refractivity contribution in [2.24, 2.45) is 0 Å². The zero-order valence-corrected chi connectivity index (χ0v) is 14.0. The van der Waals surface area contributed by atoms with E-state index < -0.39 is 5.97 Å². The molecule has 0 bridgehead atoms. The summed E-state index contributed by atoms with van der Waals surface area (Å²) in [5.74, 6) is -0.203. The van der Waals surface area contributed by atoms with Crippen LogP contribution in [0.15, 0.2) is 42.5 Å². The number of carboxylic acids is 1. The van der Waals surface area contributed by atoms with E-state index in [0.29, 0.717) is 30.4 Å². The SMILES string of the molecule is O=C(O)c1ccc(CN(C(=O)CCl)c2ccc3c(c2)OCCO3)cc1. The molecule has 1 heterocycles. The molecular weight excluding hydrogens is 346 g/mol. The van der Waals surface area contributed by atoms with Gasteiger partial charge in [-0.3, -0.25) is 4.79 Å². The van der Waals surface area contributed by atoms with Crippen LogP contribution in [0, 0.1) is 0 Å². The molecule has 1 amide bonds. The summed E-state index contributed by atoms with van der Waals surface area (Å²) in [5.41, 5.74) is 1.62. The van der Waals surface area contributed by atoms with Crippen molar-refractivity contribution in [2.75, 3.05) is 24.0 Å². The highest BCUT2D eigenvalue weighted by molar-refractivity contribution is 6.29. The summed E-state index contributed by atoms with van der Waals surface area (Å²) >= 11 is 5.75. The first-order valence-corrected chi connectivity index (χ1v) is 8.20. The largest absolute Gasteiger partial charge is 0.486 e. The normalized spacial score (nSPS) is 12.5. The summed E-state index contributed by atoms with van der Waals surface area (Å²) in [7, 11) is 0. The van der Waals surface area contributed by atoms with Crippen molar-refractivity contribution in [3.63, 3.8) is 0 Å². The lowest BCUT2D eigenvalue weighted by Crippen LogP contribution is -2.31. The monoisotopic (exact) mass is 361 g/mol. The van der Waals surface area contributed by atoms with Gasteiger partial charge in [-0.2, -0.15) is 0 Å². The van der Waals surface area contributed by atoms with Crippen LogP contribution in [-0.2, 0) is 11.3 Å². The number of nitrogens with zero attached hydrogens (tertiary/aromatic N) is 1. The number of amides is 1. The first-order valence-electron chi connectivity index (χ1n) is 7.66. The van der Waals surface area contributed by atoms with Gasteiger partial charge in [0.25, 0.3) is 0 Å². The minimum absolute atomic E-state index is 0.165. The topological polar surface area (TPSA) is 76.1 Å². The van der Waals surface area contributed by atoms with E-state index in [0.717, 1.165) is 5.56 Å². The molecule has 6 nitrogen and oxygen atoms in total. The molecule has 0 unspecified atom stereocenters. The maximum atomic E-state index is 12.3. The molecule has 0 saturated heterocycles. The standard InChI is InChI=1S/C18H16ClNO5/c19-10-17(21)20(11-12-1-3-13(4-2-12)18(22)23)14-5-6-15-16(9-14)25-8-7-24-15/h1-6,9H,7-8,10-11H2,(H,22,23). The first-order chi connectivity index (χ1) is 12.1. The van der Waals surface area contributed by atoms with Crippen LogP contribution >= 0.6 is 11.6 Å². The smallest absolute Gasteiger partial charge is 0.335 e. The number of carbonyl (C=O) groups excluding carboxylic acids is 1. The molecule has 1 aliphatic rings. The fourth-order valence-corrected chi connectivity index (χ4v) is 2.68. The summed E-state index contributed by atoms with van der Waals surface area (Å²) in [4.78, 5) is 24.8. The number of aromatic carboxylic acids is 1. The Morgan fingerprint density at radius 3 is 2.36 bits per heavy atom. The van der Waals surface area contributed by atoms with Crippen LogP contribution in [0.25, 0.3) is 0 Å². The van der Waals surface area contributed by atoms with Gasteiger partial charge in [0, 0.05) is 11.8 Å². The van der Waals surface area contributed by atoms with Crippen molar-refractivity contribution in [3.8, 4) is 11.5 Å². The third-order valence-electron chi connectivity index (χ3n) is 3.79. The molecule has 0 spiro atoms. The van der Waals surface area contributed by atoms with Crippen molar-refractivity contribution in [1.82, 2.24) is 0 Å². The molecule has 0 radical (unpaired) electrons. The second-order valence-corrected chi connectivity index (χ2v) is 5.71. The molecular formula is C18H16ClNO5. The molecule has 0 atom stereocenters. The van der Waals surface area contributed by atoms with E-state index >= 15 is 0 Å². The number of hydrogen-bond acceptors (Lipinski definition) is 4. The number of fused-ring (bicyclic) bond motifs is 1. The lowest BCUT2D eigenvalue weighted by Gasteiger charge is -2.25. The zero-order valence-electron chi connectivity index (χ0n) is 13.3. The van der Waals surface area contributed by atoms with E-state index in [-0.39, 0.29) is 23.9 Å². The zero-order chi connectivity index (χ0) is 17.8.